The molecule has 10 heteroatoms. The number of alkyl carbamates (subject to hydrolysis) is 1. The summed E-state index contributed by atoms with van der Waals surface area (Å²) in [6, 6.07) is 14.7. The molecule has 3 atom stereocenters. The van der Waals surface area contributed by atoms with Crippen molar-refractivity contribution in [2.45, 2.75) is 95.7 Å². The number of rotatable bonds is 7. The van der Waals surface area contributed by atoms with Crippen molar-refractivity contribution in [3.05, 3.63) is 71.8 Å². The number of aliphatic hydroxyl groups excluding tert-OH is 1. The number of hydrogen-bond acceptors (Lipinski definition) is 7. The molecule has 4 N–H and O–H groups in total. The summed E-state index contributed by atoms with van der Waals surface area (Å²) >= 11 is 0. The summed E-state index contributed by atoms with van der Waals surface area (Å²) in [5.74, 6) is -1.94. The normalized spacial score (nSPS) is 23.0. The molecule has 5 rings (SSSR count). The minimum Gasteiger partial charge on any atom is -0.462 e. The molecule has 3 amide bonds. The summed E-state index contributed by atoms with van der Waals surface area (Å²) in [6.07, 6.45) is 7.30. The maximum absolute atomic E-state index is 13.5. The van der Waals surface area contributed by atoms with Gasteiger partial charge < -0.3 is 30.5 Å². The number of amides is 3. The number of cyclic esters (lactones) is 1. The molecule has 1 aliphatic heterocycles. The lowest BCUT2D eigenvalue weighted by molar-refractivity contribution is -0.148. The topological polar surface area (TPSA) is 143 Å². The van der Waals surface area contributed by atoms with E-state index < -0.39 is 41.0 Å². The van der Waals surface area contributed by atoms with E-state index in [9.17, 15) is 24.3 Å². The van der Waals surface area contributed by atoms with Crippen LogP contribution in [0.3, 0.4) is 0 Å². The molecule has 258 valence electrons. The van der Waals surface area contributed by atoms with Gasteiger partial charge in [-0.3, -0.25) is 9.59 Å². The van der Waals surface area contributed by atoms with E-state index >= 15 is 0 Å². The van der Waals surface area contributed by atoms with Crippen molar-refractivity contribution in [2.75, 3.05) is 19.8 Å². The Morgan fingerprint density at radius 2 is 1.65 bits per heavy atom. The zero-order valence-corrected chi connectivity index (χ0v) is 28.3. The first kappa shape index (κ1) is 35.1. The molecular formula is C38H49N3O7. The fourth-order valence-corrected chi connectivity index (χ4v) is 6.96. The Morgan fingerprint density at radius 1 is 1.00 bits per heavy atom. The van der Waals surface area contributed by atoms with Gasteiger partial charge in [-0.2, -0.15) is 0 Å². The zero-order chi connectivity index (χ0) is 34.3. The second kappa shape index (κ2) is 15.4. The Labute approximate surface area is 283 Å². The van der Waals surface area contributed by atoms with Crippen molar-refractivity contribution >= 4 is 23.9 Å². The van der Waals surface area contributed by atoms with Gasteiger partial charge in [-0.1, -0.05) is 94.3 Å². The highest BCUT2D eigenvalue weighted by Crippen LogP contribution is 2.44. The Balaban J connectivity index is 1.24. The van der Waals surface area contributed by atoms with Crippen molar-refractivity contribution in [1.82, 2.24) is 16.0 Å². The Bertz CT molecular complexity index is 1460. The molecule has 0 radical (unpaired) electrons. The molecule has 48 heavy (non-hydrogen) atoms. The summed E-state index contributed by atoms with van der Waals surface area (Å²) in [4.78, 5) is 53.0. The average molecular weight is 660 g/mol. The molecule has 2 aliphatic carbocycles. The highest BCUT2D eigenvalue weighted by molar-refractivity contribution is 5.87. The number of allylic oxidation sites excluding steroid dienone is 2. The standard InChI is InChI=1S/C38H49N3O7/c1-37(2,3)32-23-47-35(45)31(39-36(46)48-22-30-28-16-9-7-14-26(28)27-15-8-10-17-29(27)30)18-6-4-5-13-25(34(44)40-32)21-33(43)41-38(24-42)19-11-12-20-38/h4-5,7-10,14-17,25,30-32,42H,6,11-13,18-24H2,1-3H3,(H,39,46)(H,40,44)(H,41,43). The first-order valence-corrected chi connectivity index (χ1v) is 17.1. The van der Waals surface area contributed by atoms with E-state index in [-0.39, 0.29) is 50.4 Å². The monoisotopic (exact) mass is 659 g/mol. The number of carbonyl (C=O) groups is 4. The summed E-state index contributed by atoms with van der Waals surface area (Å²) in [5, 5.41) is 18.7. The van der Waals surface area contributed by atoms with E-state index in [0.717, 1.165) is 35.1 Å². The van der Waals surface area contributed by atoms with Gasteiger partial charge in [0, 0.05) is 12.3 Å². The minimum absolute atomic E-state index is 0.0272. The maximum atomic E-state index is 13.5. The summed E-state index contributed by atoms with van der Waals surface area (Å²) in [5.41, 5.74) is 3.34. The summed E-state index contributed by atoms with van der Waals surface area (Å²) in [6.45, 7) is 5.69. The predicted molar refractivity (Wildman–Crippen MR) is 182 cm³/mol. The molecule has 10 nitrogen and oxygen atoms in total. The van der Waals surface area contributed by atoms with Crippen LogP contribution in [0.25, 0.3) is 11.1 Å². The lowest BCUT2D eigenvalue weighted by Crippen LogP contribution is -2.52. The van der Waals surface area contributed by atoms with Crippen LogP contribution in [0.4, 0.5) is 4.79 Å². The van der Waals surface area contributed by atoms with E-state index in [2.05, 4.69) is 28.1 Å². The molecule has 0 bridgehead atoms. The van der Waals surface area contributed by atoms with Crippen molar-refractivity contribution in [3.8, 4) is 11.1 Å². The maximum Gasteiger partial charge on any atom is 0.407 e. The Morgan fingerprint density at radius 3 is 2.27 bits per heavy atom. The van der Waals surface area contributed by atoms with E-state index in [1.807, 2.05) is 69.3 Å². The smallest absolute Gasteiger partial charge is 0.407 e. The van der Waals surface area contributed by atoms with Crippen molar-refractivity contribution in [3.63, 3.8) is 0 Å². The van der Waals surface area contributed by atoms with Gasteiger partial charge in [0.15, 0.2) is 0 Å². The summed E-state index contributed by atoms with van der Waals surface area (Å²) in [7, 11) is 0. The van der Waals surface area contributed by atoms with Crippen LogP contribution in [0.2, 0.25) is 0 Å². The van der Waals surface area contributed by atoms with E-state index in [1.165, 1.54) is 0 Å². The number of ether oxygens (including phenoxy) is 2. The molecule has 2 aromatic rings. The number of benzene rings is 2. The van der Waals surface area contributed by atoms with Gasteiger partial charge in [0.2, 0.25) is 11.8 Å². The fraction of sp³-hybridized carbons (Fsp3) is 0.526. The van der Waals surface area contributed by atoms with Gasteiger partial charge in [-0.25, -0.2) is 9.59 Å². The third-order valence-electron chi connectivity index (χ3n) is 9.95. The van der Waals surface area contributed by atoms with Crippen LogP contribution in [-0.4, -0.2) is 66.4 Å². The van der Waals surface area contributed by atoms with Crippen molar-refractivity contribution in [1.29, 1.82) is 0 Å². The highest BCUT2D eigenvalue weighted by atomic mass is 16.6. The number of fused-ring (bicyclic) bond motifs is 3. The van der Waals surface area contributed by atoms with Crippen LogP contribution in [0.1, 0.15) is 89.2 Å². The first-order chi connectivity index (χ1) is 23.0. The van der Waals surface area contributed by atoms with Crippen LogP contribution < -0.4 is 16.0 Å². The molecule has 3 unspecified atom stereocenters. The average Bonchev–Trinajstić information content (AvgIpc) is 3.66. The number of nitrogens with one attached hydrogen (secondary N) is 3. The first-order valence-electron chi connectivity index (χ1n) is 17.1. The van der Waals surface area contributed by atoms with Gasteiger partial charge in [0.05, 0.1) is 24.1 Å². The fourth-order valence-electron chi connectivity index (χ4n) is 6.96. The molecule has 3 aliphatic rings. The minimum atomic E-state index is -0.954. The largest absolute Gasteiger partial charge is 0.462 e. The van der Waals surface area contributed by atoms with Crippen molar-refractivity contribution in [2.24, 2.45) is 11.3 Å². The van der Waals surface area contributed by atoms with Crippen LogP contribution in [0.5, 0.6) is 0 Å². The lowest BCUT2D eigenvalue weighted by Gasteiger charge is -2.33. The van der Waals surface area contributed by atoms with Crippen LogP contribution >= 0.6 is 0 Å². The molecular weight excluding hydrogens is 610 g/mol. The van der Waals surface area contributed by atoms with Crippen LogP contribution in [0, 0.1) is 11.3 Å². The second-order valence-electron chi connectivity index (χ2n) is 14.5. The number of aliphatic hydroxyl groups is 1. The van der Waals surface area contributed by atoms with Crippen molar-refractivity contribution < 1.29 is 33.8 Å². The Hall–Kier alpha value is -4.18. The molecule has 1 heterocycles. The SMILES string of the molecule is CC(C)(C)C1COC(=O)C(NC(=O)OCC2c3ccccc3-c3ccccc32)CCC=CCC(CC(=O)NC2(CO)CCCC2)C(=O)N1. The van der Waals surface area contributed by atoms with Crippen LogP contribution in [0.15, 0.2) is 60.7 Å². The van der Waals surface area contributed by atoms with Gasteiger partial charge in [-0.15, -0.1) is 0 Å². The summed E-state index contributed by atoms with van der Waals surface area (Å²) < 4.78 is 11.4. The van der Waals surface area contributed by atoms with Gasteiger partial charge >= 0.3 is 12.1 Å². The molecule has 0 aromatic heterocycles. The number of carbonyl (C=O) groups excluding carboxylic acids is 4. The molecule has 0 saturated heterocycles. The van der Waals surface area contributed by atoms with Gasteiger partial charge in [0.25, 0.3) is 0 Å². The third kappa shape index (κ3) is 8.45. The quantitative estimate of drug-likeness (QED) is 0.238. The number of esters is 1. The van der Waals surface area contributed by atoms with Gasteiger partial charge in [0.1, 0.15) is 19.3 Å². The zero-order valence-electron chi connectivity index (χ0n) is 28.3. The molecule has 1 fully saturated rings. The second-order valence-corrected chi connectivity index (χ2v) is 14.5. The highest BCUT2D eigenvalue weighted by Gasteiger charge is 2.37. The van der Waals surface area contributed by atoms with E-state index in [0.29, 0.717) is 25.7 Å². The van der Waals surface area contributed by atoms with Gasteiger partial charge in [-0.05, 0) is 59.8 Å². The Kier molecular flexibility index (Phi) is 11.2. The number of hydrogen-bond donors (Lipinski definition) is 4. The van der Waals surface area contributed by atoms with Crippen LogP contribution in [-0.2, 0) is 23.9 Å². The third-order valence-corrected chi connectivity index (χ3v) is 9.95. The van der Waals surface area contributed by atoms with E-state index in [4.69, 9.17) is 9.47 Å². The molecule has 1 saturated carbocycles. The molecule has 0 spiro atoms. The van der Waals surface area contributed by atoms with E-state index in [1.54, 1.807) is 0 Å². The lowest BCUT2D eigenvalue weighted by atomic mass is 9.86. The molecule has 2 aromatic carbocycles. The predicted octanol–water partition coefficient (Wildman–Crippen LogP) is 5.14.